The van der Waals surface area contributed by atoms with Crippen molar-refractivity contribution in [3.8, 4) is 0 Å². The van der Waals surface area contributed by atoms with E-state index in [1.807, 2.05) is 30.3 Å². The standard InChI is InChI=1S/C17H16FN5O/c1-11-19-16(23-22-11)15(12-6-3-2-4-7-12)21-17(24)20-14-9-5-8-13(18)10-14/h2-10,15H,1H3,(H,19,22,23)(H2,20,21,24)/t15-/m1/s1. The van der Waals surface area contributed by atoms with Crippen molar-refractivity contribution in [3.05, 3.63) is 77.6 Å². The van der Waals surface area contributed by atoms with Gasteiger partial charge in [-0.25, -0.2) is 14.2 Å². The number of halogens is 1. The van der Waals surface area contributed by atoms with E-state index in [0.29, 0.717) is 17.3 Å². The van der Waals surface area contributed by atoms with E-state index >= 15 is 0 Å². The van der Waals surface area contributed by atoms with E-state index in [9.17, 15) is 9.18 Å². The number of hydrogen-bond donors (Lipinski definition) is 3. The highest BCUT2D eigenvalue weighted by Gasteiger charge is 2.20. The van der Waals surface area contributed by atoms with Crippen LogP contribution in [0.1, 0.15) is 23.3 Å². The number of aryl methyl sites for hydroxylation is 1. The summed E-state index contributed by atoms with van der Waals surface area (Å²) in [5.74, 6) is 0.684. The van der Waals surface area contributed by atoms with Gasteiger partial charge in [0, 0.05) is 5.69 Å². The van der Waals surface area contributed by atoms with Crippen molar-refractivity contribution in [2.75, 3.05) is 5.32 Å². The summed E-state index contributed by atoms with van der Waals surface area (Å²) in [6.45, 7) is 1.78. The SMILES string of the molecule is Cc1nc([C@H](NC(=O)Nc2cccc(F)c2)c2ccccc2)n[nH]1. The Morgan fingerprint density at radius 2 is 1.96 bits per heavy atom. The average Bonchev–Trinajstić information content (AvgIpc) is 3.00. The monoisotopic (exact) mass is 325 g/mol. The molecular formula is C17H16FN5O. The third-order valence-corrected chi connectivity index (χ3v) is 3.36. The van der Waals surface area contributed by atoms with Crippen LogP contribution in [0.2, 0.25) is 0 Å². The Kier molecular flexibility index (Phi) is 4.51. The lowest BCUT2D eigenvalue weighted by molar-refractivity contribution is 0.249. The third-order valence-electron chi connectivity index (χ3n) is 3.36. The van der Waals surface area contributed by atoms with Crippen molar-refractivity contribution in [2.24, 2.45) is 0 Å². The van der Waals surface area contributed by atoms with Gasteiger partial charge in [-0.3, -0.25) is 5.10 Å². The normalized spacial score (nSPS) is 11.8. The third kappa shape index (κ3) is 3.75. The molecule has 6 nitrogen and oxygen atoms in total. The molecule has 0 aliphatic heterocycles. The second-order valence-electron chi connectivity index (χ2n) is 5.23. The van der Waals surface area contributed by atoms with Crippen molar-refractivity contribution >= 4 is 11.7 Å². The van der Waals surface area contributed by atoms with Crippen LogP contribution in [-0.2, 0) is 0 Å². The Morgan fingerprint density at radius 3 is 2.62 bits per heavy atom. The van der Waals surface area contributed by atoms with E-state index in [-0.39, 0.29) is 0 Å². The highest BCUT2D eigenvalue weighted by atomic mass is 19.1. The van der Waals surface area contributed by atoms with Crippen molar-refractivity contribution in [1.82, 2.24) is 20.5 Å². The molecule has 0 saturated carbocycles. The first-order valence-corrected chi connectivity index (χ1v) is 7.39. The van der Waals surface area contributed by atoms with E-state index in [4.69, 9.17) is 0 Å². The summed E-state index contributed by atoms with van der Waals surface area (Å²) in [5, 5.41) is 12.3. The number of carbonyl (C=O) groups is 1. The molecule has 1 atom stereocenters. The molecule has 0 bridgehead atoms. The van der Waals surface area contributed by atoms with Crippen LogP contribution >= 0.6 is 0 Å². The predicted octanol–water partition coefficient (Wildman–Crippen LogP) is 3.16. The number of aromatic amines is 1. The lowest BCUT2D eigenvalue weighted by Crippen LogP contribution is -2.33. The molecule has 24 heavy (non-hydrogen) atoms. The molecule has 1 heterocycles. The van der Waals surface area contributed by atoms with E-state index in [2.05, 4.69) is 25.8 Å². The van der Waals surface area contributed by atoms with Gasteiger partial charge < -0.3 is 10.6 Å². The molecule has 0 spiro atoms. The molecule has 0 radical (unpaired) electrons. The first kappa shape index (κ1) is 15.7. The van der Waals surface area contributed by atoms with Gasteiger partial charge in [0.25, 0.3) is 0 Å². The van der Waals surface area contributed by atoms with Gasteiger partial charge in [-0.2, -0.15) is 5.10 Å². The van der Waals surface area contributed by atoms with Gasteiger partial charge in [0.15, 0.2) is 5.82 Å². The van der Waals surface area contributed by atoms with Gasteiger partial charge in [0.1, 0.15) is 17.7 Å². The molecule has 0 aliphatic carbocycles. The van der Waals surface area contributed by atoms with Crippen LogP contribution in [-0.4, -0.2) is 21.2 Å². The largest absolute Gasteiger partial charge is 0.324 e. The second kappa shape index (κ2) is 6.91. The van der Waals surface area contributed by atoms with Crippen molar-refractivity contribution in [3.63, 3.8) is 0 Å². The molecule has 2 aromatic carbocycles. The lowest BCUT2D eigenvalue weighted by Gasteiger charge is -2.17. The molecule has 0 aliphatic rings. The van der Waals surface area contributed by atoms with E-state index in [1.54, 1.807) is 13.0 Å². The zero-order valence-corrected chi connectivity index (χ0v) is 13.0. The number of hydrogen-bond acceptors (Lipinski definition) is 3. The van der Waals surface area contributed by atoms with Crippen molar-refractivity contribution < 1.29 is 9.18 Å². The molecule has 0 fully saturated rings. The Morgan fingerprint density at radius 1 is 1.17 bits per heavy atom. The fraction of sp³-hybridized carbons (Fsp3) is 0.118. The summed E-state index contributed by atoms with van der Waals surface area (Å²) in [6.07, 6.45) is 0. The topological polar surface area (TPSA) is 82.7 Å². The molecule has 2 amide bonds. The zero-order chi connectivity index (χ0) is 16.9. The van der Waals surface area contributed by atoms with Gasteiger partial charge in [0.05, 0.1) is 0 Å². The summed E-state index contributed by atoms with van der Waals surface area (Å²) < 4.78 is 13.2. The maximum absolute atomic E-state index is 13.2. The summed E-state index contributed by atoms with van der Waals surface area (Å²) in [6, 6.07) is 14.1. The van der Waals surface area contributed by atoms with Crippen LogP contribution in [0.3, 0.4) is 0 Å². The number of urea groups is 1. The van der Waals surface area contributed by atoms with Crippen LogP contribution in [0.4, 0.5) is 14.9 Å². The van der Waals surface area contributed by atoms with E-state index in [1.165, 1.54) is 18.2 Å². The van der Waals surface area contributed by atoms with Gasteiger partial charge in [-0.05, 0) is 30.7 Å². The maximum Gasteiger partial charge on any atom is 0.320 e. The number of nitrogens with zero attached hydrogens (tertiary/aromatic N) is 2. The first-order chi connectivity index (χ1) is 11.6. The molecule has 3 N–H and O–H groups in total. The number of nitrogens with one attached hydrogen (secondary N) is 3. The van der Waals surface area contributed by atoms with Crippen LogP contribution < -0.4 is 10.6 Å². The van der Waals surface area contributed by atoms with Gasteiger partial charge in [-0.1, -0.05) is 36.4 Å². The van der Waals surface area contributed by atoms with Gasteiger partial charge in [-0.15, -0.1) is 0 Å². The Balaban J connectivity index is 1.80. The summed E-state index contributed by atoms with van der Waals surface area (Å²) in [4.78, 5) is 16.6. The lowest BCUT2D eigenvalue weighted by atomic mass is 10.1. The summed E-state index contributed by atoms with van der Waals surface area (Å²) >= 11 is 0. The van der Waals surface area contributed by atoms with Crippen LogP contribution in [0, 0.1) is 12.7 Å². The number of carbonyl (C=O) groups excluding carboxylic acids is 1. The fourth-order valence-corrected chi connectivity index (χ4v) is 2.30. The Hall–Kier alpha value is -3.22. The molecule has 7 heteroatoms. The van der Waals surface area contributed by atoms with Crippen molar-refractivity contribution in [2.45, 2.75) is 13.0 Å². The first-order valence-electron chi connectivity index (χ1n) is 7.39. The Bertz CT molecular complexity index is 834. The van der Waals surface area contributed by atoms with Crippen LogP contribution in [0.25, 0.3) is 0 Å². The summed E-state index contributed by atoms with van der Waals surface area (Å²) in [5.41, 5.74) is 1.20. The average molecular weight is 325 g/mol. The van der Waals surface area contributed by atoms with Gasteiger partial charge >= 0.3 is 6.03 Å². The smallest absolute Gasteiger partial charge is 0.320 e. The number of H-pyrrole nitrogens is 1. The zero-order valence-electron chi connectivity index (χ0n) is 13.0. The number of amides is 2. The van der Waals surface area contributed by atoms with E-state index < -0.39 is 17.9 Å². The maximum atomic E-state index is 13.2. The minimum absolute atomic E-state index is 0.366. The highest BCUT2D eigenvalue weighted by Crippen LogP contribution is 2.19. The quantitative estimate of drug-likeness (QED) is 0.689. The van der Waals surface area contributed by atoms with Crippen molar-refractivity contribution in [1.29, 1.82) is 0 Å². The molecule has 3 rings (SSSR count). The van der Waals surface area contributed by atoms with Crippen LogP contribution in [0.5, 0.6) is 0 Å². The molecular weight excluding hydrogens is 309 g/mol. The van der Waals surface area contributed by atoms with Gasteiger partial charge in [0.2, 0.25) is 0 Å². The minimum atomic E-state index is -0.523. The predicted molar refractivity (Wildman–Crippen MR) is 88.0 cm³/mol. The number of anilines is 1. The molecule has 0 unspecified atom stereocenters. The number of aromatic nitrogens is 3. The Labute approximate surface area is 138 Å². The molecule has 122 valence electrons. The van der Waals surface area contributed by atoms with E-state index in [0.717, 1.165) is 5.56 Å². The fourth-order valence-electron chi connectivity index (χ4n) is 2.30. The van der Waals surface area contributed by atoms with Crippen LogP contribution in [0.15, 0.2) is 54.6 Å². The summed E-state index contributed by atoms with van der Waals surface area (Å²) in [7, 11) is 0. The second-order valence-corrected chi connectivity index (χ2v) is 5.23. The number of rotatable bonds is 4. The number of benzene rings is 2. The highest BCUT2D eigenvalue weighted by molar-refractivity contribution is 5.89. The minimum Gasteiger partial charge on any atom is -0.324 e. The molecule has 0 saturated heterocycles. The molecule has 1 aromatic heterocycles. The molecule has 3 aromatic rings.